The fourth-order valence-corrected chi connectivity index (χ4v) is 2.26. The van der Waals surface area contributed by atoms with E-state index in [0.29, 0.717) is 10.6 Å². The van der Waals surface area contributed by atoms with Crippen LogP contribution in [0.1, 0.15) is 23.0 Å². The molecule has 0 N–H and O–H groups in total. The molecular weight excluding hydrogens is 322 g/mol. The number of fused-ring (bicyclic) bond motifs is 1. The van der Waals surface area contributed by atoms with E-state index < -0.39 is 0 Å². The highest BCUT2D eigenvalue weighted by Gasteiger charge is 2.07. The van der Waals surface area contributed by atoms with Gasteiger partial charge in [-0.1, -0.05) is 0 Å². The molecule has 0 aliphatic heterocycles. The van der Waals surface area contributed by atoms with Crippen LogP contribution >= 0.6 is 15.9 Å². The van der Waals surface area contributed by atoms with E-state index >= 15 is 0 Å². The first-order valence-electron chi connectivity index (χ1n) is 5.98. The van der Waals surface area contributed by atoms with Gasteiger partial charge in [0.05, 0.1) is 0 Å². The SMILES string of the molecule is Cc1cnc(C)n2nc(C=Cc3nc(Br)nn3C)nc12. The molecule has 102 valence electrons. The topological polar surface area (TPSA) is 73.8 Å². The molecule has 0 radical (unpaired) electrons. The minimum atomic E-state index is 0.554. The molecule has 0 amide bonds. The molecule has 0 atom stereocenters. The average Bonchev–Trinajstić information content (AvgIpc) is 2.96. The van der Waals surface area contributed by atoms with E-state index in [1.54, 1.807) is 15.4 Å². The molecule has 0 aromatic carbocycles. The van der Waals surface area contributed by atoms with Crippen molar-refractivity contribution in [3.63, 3.8) is 0 Å². The monoisotopic (exact) mass is 333 g/mol. The van der Waals surface area contributed by atoms with Gasteiger partial charge in [0, 0.05) is 18.8 Å². The molecule has 3 rings (SSSR count). The summed E-state index contributed by atoms with van der Waals surface area (Å²) in [4.78, 5) is 13.0. The van der Waals surface area contributed by atoms with E-state index in [0.717, 1.165) is 22.9 Å². The van der Waals surface area contributed by atoms with Gasteiger partial charge in [0.25, 0.3) is 0 Å². The third kappa shape index (κ3) is 2.22. The van der Waals surface area contributed by atoms with E-state index in [1.807, 2.05) is 33.0 Å². The van der Waals surface area contributed by atoms with Crippen LogP contribution in [0.25, 0.3) is 17.8 Å². The van der Waals surface area contributed by atoms with E-state index in [9.17, 15) is 0 Å². The van der Waals surface area contributed by atoms with E-state index in [1.165, 1.54) is 0 Å². The molecule has 8 heteroatoms. The molecule has 0 spiro atoms. The Balaban J connectivity index is 2.01. The first-order valence-corrected chi connectivity index (χ1v) is 6.77. The van der Waals surface area contributed by atoms with Crippen molar-refractivity contribution in [1.29, 1.82) is 0 Å². The Morgan fingerprint density at radius 3 is 2.60 bits per heavy atom. The molecule has 3 aromatic rings. The summed E-state index contributed by atoms with van der Waals surface area (Å²) in [5, 5.41) is 8.52. The van der Waals surface area contributed by atoms with Gasteiger partial charge in [0.15, 0.2) is 17.3 Å². The lowest BCUT2D eigenvalue weighted by Crippen LogP contribution is -1.98. The number of nitrogens with zero attached hydrogens (tertiary/aromatic N) is 7. The molecule has 0 saturated heterocycles. The first kappa shape index (κ1) is 12.9. The van der Waals surface area contributed by atoms with Gasteiger partial charge in [-0.15, -0.1) is 10.2 Å². The second kappa shape index (κ2) is 4.78. The van der Waals surface area contributed by atoms with Gasteiger partial charge < -0.3 is 0 Å². The summed E-state index contributed by atoms with van der Waals surface area (Å²) in [6.45, 7) is 3.86. The third-order valence-corrected chi connectivity index (χ3v) is 3.22. The van der Waals surface area contributed by atoms with Gasteiger partial charge in [-0.3, -0.25) is 0 Å². The van der Waals surface area contributed by atoms with Crippen molar-refractivity contribution in [1.82, 2.24) is 34.3 Å². The quantitative estimate of drug-likeness (QED) is 0.714. The smallest absolute Gasteiger partial charge is 0.217 e. The maximum atomic E-state index is 4.48. The minimum Gasteiger partial charge on any atom is -0.248 e. The zero-order valence-electron chi connectivity index (χ0n) is 11.2. The van der Waals surface area contributed by atoms with Crippen LogP contribution in [0.2, 0.25) is 0 Å². The van der Waals surface area contributed by atoms with Crippen LogP contribution in [0.15, 0.2) is 10.9 Å². The van der Waals surface area contributed by atoms with Crippen molar-refractivity contribution >= 4 is 33.7 Å². The normalized spacial score (nSPS) is 11.8. The van der Waals surface area contributed by atoms with E-state index in [-0.39, 0.29) is 0 Å². The number of aryl methyl sites for hydroxylation is 3. The molecule has 0 saturated carbocycles. The Hall–Kier alpha value is -2.09. The predicted octanol–water partition coefficient (Wildman–Crippen LogP) is 1.80. The highest BCUT2D eigenvalue weighted by Crippen LogP contribution is 2.11. The standard InChI is InChI=1S/C12H12BrN7/c1-7-6-14-8(2)20-11(7)15-9(17-20)4-5-10-16-12(13)18-19(10)3/h4-6H,1-3H3. The lowest BCUT2D eigenvalue weighted by Gasteiger charge is -1.97. The van der Waals surface area contributed by atoms with Crippen LogP contribution in [-0.4, -0.2) is 34.3 Å². The molecule has 0 aliphatic carbocycles. The largest absolute Gasteiger partial charge is 0.248 e. The van der Waals surface area contributed by atoms with Gasteiger partial charge in [0.1, 0.15) is 5.82 Å². The minimum absolute atomic E-state index is 0.554. The Bertz CT molecular complexity index is 776. The Morgan fingerprint density at radius 1 is 1.15 bits per heavy atom. The van der Waals surface area contributed by atoms with E-state index in [2.05, 4.69) is 41.1 Å². The number of hydrogen-bond acceptors (Lipinski definition) is 5. The summed E-state index contributed by atoms with van der Waals surface area (Å²) in [5.74, 6) is 2.14. The summed E-state index contributed by atoms with van der Waals surface area (Å²) >= 11 is 3.24. The molecule has 3 aromatic heterocycles. The lowest BCUT2D eigenvalue weighted by atomic mass is 10.3. The third-order valence-electron chi connectivity index (χ3n) is 2.88. The first-order chi connectivity index (χ1) is 9.54. The molecule has 0 bridgehead atoms. The fourth-order valence-electron chi connectivity index (χ4n) is 1.84. The summed E-state index contributed by atoms with van der Waals surface area (Å²) in [5.41, 5.74) is 1.81. The zero-order valence-corrected chi connectivity index (χ0v) is 12.8. The summed E-state index contributed by atoms with van der Waals surface area (Å²) < 4.78 is 3.97. The number of halogens is 1. The number of hydrogen-bond donors (Lipinski definition) is 0. The van der Waals surface area contributed by atoms with Crippen molar-refractivity contribution in [2.24, 2.45) is 7.05 Å². The molecule has 0 fully saturated rings. The van der Waals surface area contributed by atoms with Gasteiger partial charge >= 0.3 is 0 Å². The summed E-state index contributed by atoms with van der Waals surface area (Å²) in [7, 11) is 1.83. The Labute approximate surface area is 123 Å². The van der Waals surface area contributed by atoms with Crippen molar-refractivity contribution in [3.05, 3.63) is 34.0 Å². The Kier molecular flexibility index (Phi) is 3.09. The fraction of sp³-hybridized carbons (Fsp3) is 0.250. The van der Waals surface area contributed by atoms with Crippen LogP contribution in [0.5, 0.6) is 0 Å². The Morgan fingerprint density at radius 2 is 1.95 bits per heavy atom. The highest BCUT2D eigenvalue weighted by molar-refractivity contribution is 9.10. The maximum absolute atomic E-state index is 4.48. The van der Waals surface area contributed by atoms with Crippen LogP contribution in [-0.2, 0) is 7.05 Å². The van der Waals surface area contributed by atoms with Crippen molar-refractivity contribution in [2.75, 3.05) is 0 Å². The maximum Gasteiger partial charge on any atom is 0.217 e. The van der Waals surface area contributed by atoms with Crippen molar-refractivity contribution < 1.29 is 0 Å². The number of rotatable bonds is 2. The molecule has 20 heavy (non-hydrogen) atoms. The molecule has 0 aliphatic rings. The van der Waals surface area contributed by atoms with Gasteiger partial charge in [0.2, 0.25) is 4.73 Å². The van der Waals surface area contributed by atoms with Gasteiger partial charge in [-0.05, 0) is 41.9 Å². The molecule has 3 heterocycles. The lowest BCUT2D eigenvalue weighted by molar-refractivity contribution is 0.751. The molecular formula is C12H12BrN7. The van der Waals surface area contributed by atoms with Crippen LogP contribution in [0, 0.1) is 13.8 Å². The summed E-state index contributed by atoms with van der Waals surface area (Å²) in [6, 6.07) is 0. The van der Waals surface area contributed by atoms with Crippen LogP contribution in [0.4, 0.5) is 0 Å². The second-order valence-corrected chi connectivity index (χ2v) is 5.10. The van der Waals surface area contributed by atoms with Crippen molar-refractivity contribution in [2.45, 2.75) is 13.8 Å². The number of aromatic nitrogens is 7. The zero-order chi connectivity index (χ0) is 14.3. The van der Waals surface area contributed by atoms with Crippen LogP contribution in [0.3, 0.4) is 0 Å². The second-order valence-electron chi connectivity index (χ2n) is 4.39. The van der Waals surface area contributed by atoms with Crippen molar-refractivity contribution in [3.8, 4) is 0 Å². The van der Waals surface area contributed by atoms with Crippen LogP contribution < -0.4 is 0 Å². The molecule has 7 nitrogen and oxygen atoms in total. The average molecular weight is 334 g/mol. The molecule has 0 unspecified atom stereocenters. The van der Waals surface area contributed by atoms with Gasteiger partial charge in [-0.25, -0.2) is 19.6 Å². The predicted molar refractivity (Wildman–Crippen MR) is 77.9 cm³/mol. The van der Waals surface area contributed by atoms with Gasteiger partial charge in [-0.2, -0.15) is 4.52 Å². The summed E-state index contributed by atoms with van der Waals surface area (Å²) in [6.07, 6.45) is 5.43. The van der Waals surface area contributed by atoms with E-state index in [4.69, 9.17) is 0 Å². The highest BCUT2D eigenvalue weighted by atomic mass is 79.9.